The summed E-state index contributed by atoms with van der Waals surface area (Å²) >= 11 is 37.4. The predicted octanol–water partition coefficient (Wildman–Crippen LogP) is 9.07. The first-order chi connectivity index (χ1) is 20.2. The number of hydrogen-bond donors (Lipinski definition) is 1. The van der Waals surface area contributed by atoms with Crippen LogP contribution in [0.1, 0.15) is 46.8 Å². The van der Waals surface area contributed by atoms with E-state index in [2.05, 4.69) is 5.32 Å². The van der Waals surface area contributed by atoms with Gasteiger partial charge in [0.1, 0.15) is 22.1 Å². The third-order valence-corrected chi connectivity index (χ3v) is 9.54. The van der Waals surface area contributed by atoms with Crippen LogP contribution >= 0.6 is 69.6 Å². The summed E-state index contributed by atoms with van der Waals surface area (Å²) in [5.41, 5.74) is 0.125. The van der Waals surface area contributed by atoms with Crippen LogP contribution in [0.15, 0.2) is 42.5 Å². The Labute approximate surface area is 276 Å². The van der Waals surface area contributed by atoms with Crippen LogP contribution in [0.2, 0.25) is 20.1 Å². The number of rotatable bonds is 11. The maximum Gasteiger partial charge on any atom is 0.231 e. The van der Waals surface area contributed by atoms with E-state index >= 15 is 4.39 Å². The number of anilines is 1. The molecule has 1 N–H and O–H groups in total. The van der Waals surface area contributed by atoms with Crippen LogP contribution in [-0.2, 0) is 27.2 Å². The zero-order valence-corrected chi connectivity index (χ0v) is 27.1. The molecule has 0 bridgehead atoms. The summed E-state index contributed by atoms with van der Waals surface area (Å²) in [4.78, 5) is 38.7. The lowest BCUT2D eigenvalue weighted by Crippen LogP contribution is -2.24. The lowest BCUT2D eigenvalue weighted by molar-refractivity contribution is -0.128. The van der Waals surface area contributed by atoms with Crippen molar-refractivity contribution in [1.29, 1.82) is 0 Å². The number of Topliss-reactive ketones (excluding diaryl/α,β-unsaturated/α-hetero) is 2. The highest BCUT2D eigenvalue weighted by Gasteiger charge is 2.67. The number of amides is 1. The van der Waals surface area contributed by atoms with E-state index in [0.717, 1.165) is 12.1 Å². The minimum atomic E-state index is -1.46. The fraction of sp³-hybridized carbons (Fsp3) is 0.300. The van der Waals surface area contributed by atoms with E-state index in [-0.39, 0.29) is 43.5 Å². The predicted molar refractivity (Wildman–Crippen MR) is 166 cm³/mol. The van der Waals surface area contributed by atoms with Gasteiger partial charge in [0.25, 0.3) is 0 Å². The quantitative estimate of drug-likeness (QED) is 0.122. The van der Waals surface area contributed by atoms with Gasteiger partial charge in [-0.3, -0.25) is 14.4 Å². The van der Waals surface area contributed by atoms with Crippen LogP contribution in [-0.4, -0.2) is 34.5 Å². The molecule has 5 nitrogen and oxygen atoms in total. The molecule has 1 aliphatic carbocycles. The van der Waals surface area contributed by atoms with Gasteiger partial charge >= 0.3 is 0 Å². The first-order valence-electron chi connectivity index (χ1n) is 12.9. The van der Waals surface area contributed by atoms with Gasteiger partial charge in [0.15, 0.2) is 11.6 Å². The van der Waals surface area contributed by atoms with E-state index in [1.54, 1.807) is 6.92 Å². The molecular weight excluding hydrogens is 689 g/mol. The van der Waals surface area contributed by atoms with Gasteiger partial charge in [-0.1, -0.05) is 52.5 Å². The molecule has 3 aromatic rings. The first-order valence-corrected chi connectivity index (χ1v) is 15.2. The van der Waals surface area contributed by atoms with Crippen molar-refractivity contribution in [3.63, 3.8) is 0 Å². The summed E-state index contributed by atoms with van der Waals surface area (Å²) in [6, 6.07) is 9.37. The number of ether oxygens (including phenoxy) is 1. The van der Waals surface area contributed by atoms with Crippen molar-refractivity contribution in [3.8, 4) is 0 Å². The molecule has 1 amide bonds. The van der Waals surface area contributed by atoms with Gasteiger partial charge in [-0.05, 0) is 61.4 Å². The molecule has 13 heteroatoms. The van der Waals surface area contributed by atoms with Gasteiger partial charge in [0, 0.05) is 42.2 Å². The van der Waals surface area contributed by atoms with E-state index in [4.69, 9.17) is 74.3 Å². The molecular formula is C30H23Cl6F2NO4. The molecule has 1 fully saturated rings. The summed E-state index contributed by atoms with van der Waals surface area (Å²) in [7, 11) is 0. The smallest absolute Gasteiger partial charge is 0.231 e. The van der Waals surface area contributed by atoms with Gasteiger partial charge in [0.05, 0.1) is 26.0 Å². The van der Waals surface area contributed by atoms with Crippen LogP contribution < -0.4 is 5.32 Å². The van der Waals surface area contributed by atoms with E-state index in [9.17, 15) is 18.8 Å². The number of benzene rings is 3. The number of alkyl halides is 2. The Bertz CT molecular complexity index is 1590. The Morgan fingerprint density at radius 1 is 0.953 bits per heavy atom. The zero-order valence-electron chi connectivity index (χ0n) is 22.6. The molecule has 1 unspecified atom stereocenters. The maximum atomic E-state index is 15.3. The van der Waals surface area contributed by atoms with Gasteiger partial charge in [-0.25, -0.2) is 8.78 Å². The molecule has 3 aromatic carbocycles. The van der Waals surface area contributed by atoms with E-state index in [1.165, 1.54) is 37.3 Å². The van der Waals surface area contributed by atoms with Gasteiger partial charge in [-0.15, -0.1) is 23.2 Å². The fourth-order valence-electron chi connectivity index (χ4n) is 4.73. The van der Waals surface area contributed by atoms with Crippen LogP contribution in [0.4, 0.5) is 14.5 Å². The third kappa shape index (κ3) is 7.30. The topological polar surface area (TPSA) is 72.5 Å². The summed E-state index contributed by atoms with van der Waals surface area (Å²) in [6.07, 6.45) is -1.87. The SMILES string of the molecule is CCOC(C)C(=O)Cc1c(F)ccc(CC(=O)c2cc(NC(=O)[C@H]3[C@H](c4cc(Cl)c(Cl)c(Cl)c4)C3(Cl)Cl)ccc2Cl)c1F. The summed E-state index contributed by atoms with van der Waals surface area (Å²) in [6.45, 7) is 3.45. The normalized spacial score (nSPS) is 17.8. The lowest BCUT2D eigenvalue weighted by Gasteiger charge is -2.13. The van der Waals surface area contributed by atoms with Crippen LogP contribution in [0.3, 0.4) is 0 Å². The molecule has 0 radical (unpaired) electrons. The molecule has 0 saturated heterocycles. The first kappa shape index (κ1) is 33.9. The maximum absolute atomic E-state index is 15.3. The zero-order chi connectivity index (χ0) is 31.8. The molecule has 228 valence electrons. The van der Waals surface area contributed by atoms with Gasteiger partial charge in [-0.2, -0.15) is 0 Å². The van der Waals surface area contributed by atoms with Crippen LogP contribution in [0, 0.1) is 17.6 Å². The summed E-state index contributed by atoms with van der Waals surface area (Å²) in [5.74, 6) is -5.11. The van der Waals surface area contributed by atoms with Crippen molar-refractivity contribution in [2.24, 2.45) is 5.92 Å². The lowest BCUT2D eigenvalue weighted by atomic mass is 9.97. The van der Waals surface area contributed by atoms with Crippen molar-refractivity contribution < 1.29 is 27.9 Å². The highest BCUT2D eigenvalue weighted by Crippen LogP contribution is 2.65. The number of ketones is 2. The monoisotopic (exact) mass is 709 g/mol. The summed E-state index contributed by atoms with van der Waals surface area (Å²) < 4.78 is 33.4. The second-order valence-corrected chi connectivity index (χ2v) is 13.0. The van der Waals surface area contributed by atoms with Crippen molar-refractivity contribution in [2.75, 3.05) is 11.9 Å². The second kappa shape index (κ2) is 13.6. The van der Waals surface area contributed by atoms with Gasteiger partial charge < -0.3 is 10.1 Å². The van der Waals surface area contributed by atoms with Crippen molar-refractivity contribution in [2.45, 2.75) is 43.0 Å². The van der Waals surface area contributed by atoms with E-state index in [1.807, 2.05) is 0 Å². The molecule has 4 rings (SSSR count). The molecule has 0 heterocycles. The number of carbonyl (C=O) groups is 3. The molecule has 43 heavy (non-hydrogen) atoms. The van der Waals surface area contributed by atoms with Crippen molar-refractivity contribution >= 4 is 92.8 Å². The third-order valence-electron chi connectivity index (χ3n) is 7.07. The number of carbonyl (C=O) groups excluding carboxylic acids is 3. The Morgan fingerprint density at radius 2 is 1.60 bits per heavy atom. The average Bonchev–Trinajstić information content (AvgIpc) is 3.53. The number of hydrogen-bond acceptors (Lipinski definition) is 4. The molecule has 1 saturated carbocycles. The standard InChI is InChI=1S/C30H23Cl6F2NO4/c1-3-43-13(2)23(40)12-18-22(37)7-4-14(28(18)38)10-24(41)17-11-16(5-6-19(17)31)39-29(42)26-25(30(26,35)36)15-8-20(32)27(34)21(33)9-15/h4-9,11,13,25-26H,3,10,12H2,1-2H3,(H,39,42)/t13?,25-,26+/m0/s1. The highest BCUT2D eigenvalue weighted by atomic mass is 35.5. The van der Waals surface area contributed by atoms with Gasteiger partial charge in [0.2, 0.25) is 5.91 Å². The second-order valence-electron chi connectivity index (χ2n) is 9.95. The summed E-state index contributed by atoms with van der Waals surface area (Å²) in [5, 5.41) is 3.23. The molecule has 0 spiro atoms. The fourth-order valence-corrected chi connectivity index (χ4v) is 6.40. The Hall–Kier alpha value is -1.97. The number of nitrogens with one attached hydrogen (secondary N) is 1. The molecule has 0 aromatic heterocycles. The van der Waals surface area contributed by atoms with E-state index in [0.29, 0.717) is 5.56 Å². The largest absolute Gasteiger partial charge is 0.371 e. The molecule has 0 aliphatic heterocycles. The van der Waals surface area contributed by atoms with Crippen LogP contribution in [0.25, 0.3) is 0 Å². The van der Waals surface area contributed by atoms with E-state index < -0.39 is 69.8 Å². The minimum Gasteiger partial charge on any atom is -0.371 e. The average molecular weight is 712 g/mol. The molecule has 1 aliphatic rings. The minimum absolute atomic E-state index is 0.0163. The molecule has 3 atom stereocenters. The number of halogens is 8. The Kier molecular flexibility index (Phi) is 10.7. The van der Waals surface area contributed by atoms with Crippen molar-refractivity contribution in [3.05, 3.63) is 96.4 Å². The Balaban J connectivity index is 1.51. The highest BCUT2D eigenvalue weighted by molar-refractivity contribution is 6.54. The van der Waals surface area contributed by atoms with Crippen molar-refractivity contribution in [1.82, 2.24) is 0 Å². The Morgan fingerprint density at radius 3 is 2.23 bits per heavy atom. The van der Waals surface area contributed by atoms with Crippen LogP contribution in [0.5, 0.6) is 0 Å².